The highest BCUT2D eigenvalue weighted by Crippen LogP contribution is 2.26. The number of phenolic OH excluding ortho intramolecular Hbond substituents is 1. The standard InChI is InChI=1S/C20H21FN4O.C2HF3O2/c21-17-7-5-15(6-8-17)19-14-25(23-22-19)18-9-11-24(12-10-18)13-16-3-1-2-4-20(16)26;3-2(4,5)1(6)7/h1-8,14,18,26H,9-13H2;(H,6,7). The quantitative estimate of drug-likeness (QED) is 0.559. The minimum absolute atomic E-state index is 0.252. The molecule has 0 amide bonds. The van der Waals surface area contributed by atoms with Gasteiger partial charge in [-0.25, -0.2) is 13.9 Å². The van der Waals surface area contributed by atoms with E-state index in [1.54, 1.807) is 18.2 Å². The van der Waals surface area contributed by atoms with Crippen LogP contribution in [0.25, 0.3) is 11.3 Å². The van der Waals surface area contributed by atoms with Crippen LogP contribution in [0.4, 0.5) is 17.6 Å². The van der Waals surface area contributed by atoms with E-state index in [1.807, 2.05) is 29.1 Å². The number of alkyl halides is 3. The summed E-state index contributed by atoms with van der Waals surface area (Å²) in [6.45, 7) is 2.66. The number of hydrogen-bond acceptors (Lipinski definition) is 5. The highest BCUT2D eigenvalue weighted by atomic mass is 19.4. The van der Waals surface area contributed by atoms with Crippen LogP contribution in [-0.4, -0.2) is 55.3 Å². The highest BCUT2D eigenvalue weighted by molar-refractivity contribution is 5.73. The summed E-state index contributed by atoms with van der Waals surface area (Å²) in [5, 5.41) is 25.6. The normalized spacial score (nSPS) is 15.0. The van der Waals surface area contributed by atoms with Gasteiger partial charge < -0.3 is 10.2 Å². The second-order valence-electron chi connectivity index (χ2n) is 7.53. The summed E-state index contributed by atoms with van der Waals surface area (Å²) in [6, 6.07) is 14.1. The van der Waals surface area contributed by atoms with E-state index in [0.717, 1.165) is 49.3 Å². The van der Waals surface area contributed by atoms with Gasteiger partial charge in [0.05, 0.1) is 12.2 Å². The van der Waals surface area contributed by atoms with Gasteiger partial charge in [0.2, 0.25) is 0 Å². The Balaban J connectivity index is 0.000000383. The Morgan fingerprint density at radius 2 is 1.67 bits per heavy atom. The number of carbonyl (C=O) groups is 1. The van der Waals surface area contributed by atoms with E-state index < -0.39 is 12.1 Å². The molecule has 33 heavy (non-hydrogen) atoms. The van der Waals surface area contributed by atoms with Gasteiger partial charge in [0.25, 0.3) is 0 Å². The maximum absolute atomic E-state index is 13.1. The number of para-hydroxylation sites is 1. The van der Waals surface area contributed by atoms with Gasteiger partial charge in [0.15, 0.2) is 0 Å². The maximum Gasteiger partial charge on any atom is 0.490 e. The van der Waals surface area contributed by atoms with Gasteiger partial charge >= 0.3 is 12.1 Å². The molecule has 3 aromatic rings. The minimum Gasteiger partial charge on any atom is -0.508 e. The van der Waals surface area contributed by atoms with Crippen LogP contribution in [-0.2, 0) is 11.3 Å². The van der Waals surface area contributed by atoms with Gasteiger partial charge in [-0.15, -0.1) is 5.10 Å². The number of benzene rings is 2. The van der Waals surface area contributed by atoms with Crippen LogP contribution < -0.4 is 0 Å². The number of carboxylic acid groups (broad SMARTS) is 1. The lowest BCUT2D eigenvalue weighted by Gasteiger charge is -2.31. The van der Waals surface area contributed by atoms with Gasteiger partial charge in [-0.3, -0.25) is 4.90 Å². The Morgan fingerprint density at radius 3 is 2.24 bits per heavy atom. The zero-order valence-electron chi connectivity index (χ0n) is 17.4. The van der Waals surface area contributed by atoms with Gasteiger partial charge in [0.1, 0.15) is 17.3 Å². The first kappa shape index (κ1) is 24.2. The van der Waals surface area contributed by atoms with E-state index in [0.29, 0.717) is 11.8 Å². The molecule has 0 aliphatic carbocycles. The summed E-state index contributed by atoms with van der Waals surface area (Å²) in [7, 11) is 0. The molecule has 1 aliphatic rings. The topological polar surface area (TPSA) is 91.5 Å². The zero-order valence-corrected chi connectivity index (χ0v) is 17.4. The van der Waals surface area contributed by atoms with Crippen molar-refractivity contribution in [3.63, 3.8) is 0 Å². The first-order valence-electron chi connectivity index (χ1n) is 10.1. The molecular formula is C22H22F4N4O3. The molecule has 0 saturated carbocycles. The molecular weight excluding hydrogens is 444 g/mol. The number of aromatic nitrogens is 3. The number of rotatable bonds is 4. The lowest BCUT2D eigenvalue weighted by molar-refractivity contribution is -0.192. The first-order chi connectivity index (χ1) is 15.6. The number of phenols is 1. The molecule has 0 spiro atoms. The number of piperidine rings is 1. The number of carboxylic acids is 1. The molecule has 0 radical (unpaired) electrons. The van der Waals surface area contributed by atoms with E-state index in [-0.39, 0.29) is 5.82 Å². The van der Waals surface area contributed by atoms with Gasteiger partial charge in [-0.2, -0.15) is 13.2 Å². The van der Waals surface area contributed by atoms with Crippen LogP contribution in [0.15, 0.2) is 54.7 Å². The van der Waals surface area contributed by atoms with Crippen molar-refractivity contribution in [2.24, 2.45) is 0 Å². The smallest absolute Gasteiger partial charge is 0.490 e. The first-order valence-corrected chi connectivity index (χ1v) is 10.1. The number of nitrogens with zero attached hydrogens (tertiary/aromatic N) is 4. The molecule has 1 fully saturated rings. The molecule has 7 nitrogen and oxygen atoms in total. The summed E-state index contributed by atoms with van der Waals surface area (Å²) in [5.74, 6) is -2.65. The van der Waals surface area contributed by atoms with E-state index in [2.05, 4.69) is 15.2 Å². The number of likely N-dealkylation sites (tertiary alicyclic amines) is 1. The van der Waals surface area contributed by atoms with Crippen molar-refractivity contribution in [1.29, 1.82) is 0 Å². The molecule has 1 aromatic heterocycles. The van der Waals surface area contributed by atoms with Crippen molar-refractivity contribution in [2.45, 2.75) is 31.6 Å². The lowest BCUT2D eigenvalue weighted by atomic mass is 10.0. The van der Waals surface area contributed by atoms with E-state index >= 15 is 0 Å². The number of aliphatic carboxylic acids is 1. The average Bonchev–Trinajstić information content (AvgIpc) is 3.26. The van der Waals surface area contributed by atoms with E-state index in [1.165, 1.54) is 12.1 Å². The number of aromatic hydroxyl groups is 1. The molecule has 1 aliphatic heterocycles. The van der Waals surface area contributed by atoms with E-state index in [9.17, 15) is 22.7 Å². The molecule has 176 valence electrons. The molecule has 4 rings (SSSR count). The summed E-state index contributed by atoms with van der Waals surface area (Å²) >= 11 is 0. The summed E-state index contributed by atoms with van der Waals surface area (Å²) in [6.07, 6.45) is -1.17. The molecule has 2 N–H and O–H groups in total. The van der Waals surface area contributed by atoms with Crippen molar-refractivity contribution in [3.05, 3.63) is 66.1 Å². The molecule has 1 saturated heterocycles. The predicted octanol–water partition coefficient (Wildman–Crippen LogP) is 4.26. The number of halogens is 4. The Bertz CT molecular complexity index is 1060. The molecule has 2 aromatic carbocycles. The average molecular weight is 466 g/mol. The van der Waals surface area contributed by atoms with Crippen LogP contribution >= 0.6 is 0 Å². The maximum atomic E-state index is 13.1. The van der Waals surface area contributed by atoms with Crippen molar-refractivity contribution >= 4 is 5.97 Å². The summed E-state index contributed by atoms with van der Waals surface area (Å²) in [5.41, 5.74) is 2.60. The summed E-state index contributed by atoms with van der Waals surface area (Å²) < 4.78 is 46.7. The van der Waals surface area contributed by atoms with Crippen LogP contribution in [0, 0.1) is 5.82 Å². The van der Waals surface area contributed by atoms with Crippen molar-refractivity contribution in [3.8, 4) is 17.0 Å². The Labute approximate surface area is 186 Å². The molecule has 2 heterocycles. The van der Waals surface area contributed by atoms with Crippen LogP contribution in [0.5, 0.6) is 5.75 Å². The number of hydrogen-bond donors (Lipinski definition) is 2. The second-order valence-corrected chi connectivity index (χ2v) is 7.53. The summed E-state index contributed by atoms with van der Waals surface area (Å²) in [4.78, 5) is 11.2. The second kappa shape index (κ2) is 10.4. The fourth-order valence-corrected chi connectivity index (χ4v) is 3.44. The third-order valence-electron chi connectivity index (χ3n) is 5.21. The zero-order chi connectivity index (χ0) is 24.0. The Hall–Kier alpha value is -3.47. The lowest BCUT2D eigenvalue weighted by Crippen LogP contribution is -2.34. The van der Waals surface area contributed by atoms with Crippen LogP contribution in [0.2, 0.25) is 0 Å². The van der Waals surface area contributed by atoms with E-state index in [4.69, 9.17) is 9.90 Å². The largest absolute Gasteiger partial charge is 0.508 e. The molecule has 0 atom stereocenters. The van der Waals surface area contributed by atoms with Crippen LogP contribution in [0.1, 0.15) is 24.4 Å². The minimum atomic E-state index is -5.08. The molecule has 11 heteroatoms. The third kappa shape index (κ3) is 6.75. The van der Waals surface area contributed by atoms with Gasteiger partial charge in [-0.1, -0.05) is 23.4 Å². The highest BCUT2D eigenvalue weighted by Gasteiger charge is 2.38. The fraction of sp³-hybridized carbons (Fsp3) is 0.318. The van der Waals surface area contributed by atoms with Crippen molar-refractivity contribution in [2.75, 3.05) is 13.1 Å². The Morgan fingerprint density at radius 1 is 1.06 bits per heavy atom. The van der Waals surface area contributed by atoms with Crippen molar-refractivity contribution in [1.82, 2.24) is 19.9 Å². The monoisotopic (exact) mass is 466 g/mol. The predicted molar refractivity (Wildman–Crippen MR) is 111 cm³/mol. The SMILES string of the molecule is O=C(O)C(F)(F)F.Oc1ccccc1CN1CCC(n2cc(-c3ccc(F)cc3)nn2)CC1. The molecule has 0 bridgehead atoms. The van der Waals surface area contributed by atoms with Crippen molar-refractivity contribution < 1.29 is 32.6 Å². The Kier molecular flexibility index (Phi) is 7.64. The van der Waals surface area contributed by atoms with Gasteiger partial charge in [-0.05, 0) is 43.2 Å². The fourth-order valence-electron chi connectivity index (χ4n) is 3.44. The molecule has 0 unspecified atom stereocenters. The van der Waals surface area contributed by atoms with Crippen LogP contribution in [0.3, 0.4) is 0 Å². The van der Waals surface area contributed by atoms with Gasteiger partial charge in [0, 0.05) is 30.8 Å². The third-order valence-corrected chi connectivity index (χ3v) is 5.21.